The van der Waals surface area contributed by atoms with Crippen LogP contribution < -0.4 is 5.32 Å². The van der Waals surface area contributed by atoms with Gasteiger partial charge in [0.15, 0.2) is 17.1 Å². The van der Waals surface area contributed by atoms with Gasteiger partial charge >= 0.3 is 0 Å². The molecule has 1 amide bonds. The number of aromatic nitrogens is 7. The van der Waals surface area contributed by atoms with Gasteiger partial charge in [-0.3, -0.25) is 14.9 Å². The fraction of sp³-hybridized carbons (Fsp3) is 0.120. The van der Waals surface area contributed by atoms with Crippen molar-refractivity contribution in [3.8, 4) is 33.8 Å². The zero-order valence-corrected chi connectivity index (χ0v) is 18.3. The number of hydrogen-bond acceptors (Lipinski definition) is 7. The Bertz CT molecular complexity index is 1710. The molecule has 0 bridgehead atoms. The molecule has 6 heterocycles. The maximum absolute atomic E-state index is 12.2. The van der Waals surface area contributed by atoms with Crippen LogP contribution in [0.1, 0.15) is 12.8 Å². The van der Waals surface area contributed by atoms with E-state index in [4.69, 9.17) is 9.40 Å². The summed E-state index contributed by atoms with van der Waals surface area (Å²) in [6.07, 6.45) is 12.1. The Morgan fingerprint density at radius 2 is 1.94 bits per heavy atom. The fourth-order valence-electron chi connectivity index (χ4n) is 4.17. The minimum absolute atomic E-state index is 0.0444. The molecule has 0 unspecified atom stereocenters. The molecule has 1 fully saturated rings. The molecule has 170 valence electrons. The molecule has 1 saturated carbocycles. The first-order valence-corrected chi connectivity index (χ1v) is 11.2. The molecule has 6 aromatic rings. The summed E-state index contributed by atoms with van der Waals surface area (Å²) in [6.45, 7) is 0. The van der Waals surface area contributed by atoms with Crippen molar-refractivity contribution < 1.29 is 9.21 Å². The molecule has 0 atom stereocenters. The largest absolute Gasteiger partial charge is 0.472 e. The predicted molar refractivity (Wildman–Crippen MR) is 129 cm³/mol. The molecule has 3 N–H and O–H groups in total. The molecule has 35 heavy (non-hydrogen) atoms. The number of furan rings is 1. The van der Waals surface area contributed by atoms with E-state index in [1.54, 1.807) is 37.3 Å². The second kappa shape index (κ2) is 7.59. The highest BCUT2D eigenvalue weighted by atomic mass is 16.3. The summed E-state index contributed by atoms with van der Waals surface area (Å²) in [6, 6.07) is 7.68. The Hall–Kier alpha value is -4.86. The Kier molecular flexibility index (Phi) is 4.25. The highest BCUT2D eigenvalue weighted by Gasteiger charge is 2.29. The molecule has 1 aliphatic carbocycles. The van der Waals surface area contributed by atoms with Crippen LogP contribution >= 0.6 is 0 Å². The summed E-state index contributed by atoms with van der Waals surface area (Å²) in [7, 11) is 0. The lowest BCUT2D eigenvalue weighted by atomic mass is 10.1. The molecule has 10 heteroatoms. The van der Waals surface area contributed by atoms with Gasteiger partial charge < -0.3 is 14.7 Å². The number of pyridine rings is 3. The third kappa shape index (κ3) is 3.43. The molecule has 10 nitrogen and oxygen atoms in total. The summed E-state index contributed by atoms with van der Waals surface area (Å²) < 4.78 is 5.24. The normalized spacial score (nSPS) is 13.5. The number of carbonyl (C=O) groups is 1. The van der Waals surface area contributed by atoms with Gasteiger partial charge in [0, 0.05) is 46.8 Å². The van der Waals surface area contributed by atoms with Crippen LogP contribution in [0.4, 0.5) is 5.69 Å². The second-order valence-electron chi connectivity index (χ2n) is 8.57. The van der Waals surface area contributed by atoms with E-state index in [2.05, 4.69) is 35.5 Å². The van der Waals surface area contributed by atoms with Gasteiger partial charge in [0.2, 0.25) is 5.91 Å². The quantitative estimate of drug-likeness (QED) is 0.341. The molecule has 1 aliphatic rings. The highest BCUT2D eigenvalue weighted by molar-refractivity contribution is 5.97. The summed E-state index contributed by atoms with van der Waals surface area (Å²) >= 11 is 0. The molecule has 0 spiro atoms. The van der Waals surface area contributed by atoms with Crippen LogP contribution in [-0.2, 0) is 4.79 Å². The van der Waals surface area contributed by atoms with E-state index >= 15 is 0 Å². The minimum atomic E-state index is 0.0444. The standard InChI is InChI=1S/C25H18N8O2/c34-25(13-1-2-13)29-17-7-15(9-26-11-17)16-8-19-21(32-33-22(19)28-10-16)24-30-20-18(14-4-6-35-12-14)3-5-27-23(20)31-24/h3-13H,1-2H2,(H,29,34)(H,27,30,31)(H,28,32,33). The van der Waals surface area contributed by atoms with Gasteiger partial charge in [0.1, 0.15) is 11.2 Å². The number of hydrogen-bond donors (Lipinski definition) is 3. The van der Waals surface area contributed by atoms with Gasteiger partial charge in [-0.2, -0.15) is 5.10 Å². The zero-order valence-electron chi connectivity index (χ0n) is 18.3. The smallest absolute Gasteiger partial charge is 0.227 e. The van der Waals surface area contributed by atoms with Crippen molar-refractivity contribution in [1.82, 2.24) is 35.1 Å². The van der Waals surface area contributed by atoms with Crippen molar-refractivity contribution in [3.63, 3.8) is 0 Å². The maximum atomic E-state index is 12.2. The van der Waals surface area contributed by atoms with Crippen LogP contribution in [0.25, 0.3) is 56.0 Å². The first-order valence-electron chi connectivity index (χ1n) is 11.2. The number of rotatable bonds is 5. The number of amides is 1. The summed E-state index contributed by atoms with van der Waals surface area (Å²) in [5.74, 6) is 0.748. The summed E-state index contributed by atoms with van der Waals surface area (Å²) in [5.41, 5.74) is 6.86. The van der Waals surface area contributed by atoms with E-state index in [0.717, 1.165) is 46.0 Å². The van der Waals surface area contributed by atoms with Crippen LogP contribution in [0.3, 0.4) is 0 Å². The average Bonchev–Trinajstić information content (AvgIpc) is 3.26. The molecule has 6 aromatic heterocycles. The Labute approximate surface area is 197 Å². The molecular formula is C25H18N8O2. The monoisotopic (exact) mass is 462 g/mol. The van der Waals surface area contributed by atoms with Crippen LogP contribution in [0.15, 0.2) is 66.0 Å². The molecule has 7 rings (SSSR count). The first-order chi connectivity index (χ1) is 17.2. The zero-order chi connectivity index (χ0) is 23.4. The lowest BCUT2D eigenvalue weighted by molar-refractivity contribution is -0.117. The third-order valence-electron chi connectivity index (χ3n) is 6.14. The molecular weight excluding hydrogens is 444 g/mol. The lowest BCUT2D eigenvalue weighted by Crippen LogP contribution is -2.13. The van der Waals surface area contributed by atoms with Crippen molar-refractivity contribution in [2.24, 2.45) is 5.92 Å². The summed E-state index contributed by atoms with van der Waals surface area (Å²) in [5, 5.41) is 11.2. The Morgan fingerprint density at radius 3 is 2.80 bits per heavy atom. The first kappa shape index (κ1) is 19.6. The number of nitrogens with zero attached hydrogens (tertiary/aromatic N) is 5. The number of anilines is 1. The molecule has 0 aliphatic heterocycles. The van der Waals surface area contributed by atoms with E-state index < -0.39 is 0 Å². The Balaban J connectivity index is 1.29. The predicted octanol–water partition coefficient (Wildman–Crippen LogP) is 4.57. The van der Waals surface area contributed by atoms with Crippen molar-refractivity contribution in [1.29, 1.82) is 0 Å². The van der Waals surface area contributed by atoms with Crippen LogP contribution in [-0.4, -0.2) is 41.0 Å². The topological polar surface area (TPSA) is 138 Å². The second-order valence-corrected chi connectivity index (χ2v) is 8.57. The van der Waals surface area contributed by atoms with E-state index in [9.17, 15) is 4.79 Å². The number of imidazole rings is 1. The average molecular weight is 462 g/mol. The van der Waals surface area contributed by atoms with Gasteiger partial charge in [0.25, 0.3) is 0 Å². The number of fused-ring (bicyclic) bond motifs is 2. The van der Waals surface area contributed by atoms with E-state index in [1.807, 2.05) is 24.3 Å². The van der Waals surface area contributed by atoms with Gasteiger partial charge in [-0.25, -0.2) is 15.0 Å². The SMILES string of the molecule is O=C(Nc1cncc(-c2cnc3[nH]nc(-c4nc5c(-c6ccoc6)ccnc5[nH]4)c3c2)c1)C1CC1. The molecule has 0 saturated heterocycles. The summed E-state index contributed by atoms with van der Waals surface area (Å²) in [4.78, 5) is 33.5. The number of carbonyl (C=O) groups excluding carboxylic acids is 1. The van der Waals surface area contributed by atoms with Gasteiger partial charge in [-0.1, -0.05) is 0 Å². The van der Waals surface area contributed by atoms with Crippen molar-refractivity contribution in [2.45, 2.75) is 12.8 Å². The van der Waals surface area contributed by atoms with Gasteiger partial charge in [-0.15, -0.1) is 0 Å². The number of aromatic amines is 2. The lowest BCUT2D eigenvalue weighted by Gasteiger charge is -2.06. The number of nitrogens with one attached hydrogen (secondary N) is 3. The van der Waals surface area contributed by atoms with Gasteiger partial charge in [-0.05, 0) is 37.1 Å². The highest BCUT2D eigenvalue weighted by Crippen LogP contribution is 2.33. The van der Waals surface area contributed by atoms with Gasteiger partial charge in [0.05, 0.1) is 29.8 Å². The van der Waals surface area contributed by atoms with E-state index in [1.165, 1.54) is 0 Å². The van der Waals surface area contributed by atoms with Crippen molar-refractivity contribution >= 4 is 33.8 Å². The maximum Gasteiger partial charge on any atom is 0.227 e. The molecule has 0 radical (unpaired) electrons. The van der Waals surface area contributed by atoms with Crippen LogP contribution in [0.5, 0.6) is 0 Å². The molecule has 0 aromatic carbocycles. The van der Waals surface area contributed by atoms with E-state index in [-0.39, 0.29) is 11.8 Å². The third-order valence-corrected chi connectivity index (χ3v) is 6.14. The van der Waals surface area contributed by atoms with E-state index in [0.29, 0.717) is 28.5 Å². The fourth-order valence-corrected chi connectivity index (χ4v) is 4.17. The van der Waals surface area contributed by atoms with Crippen LogP contribution in [0, 0.1) is 5.92 Å². The van der Waals surface area contributed by atoms with Crippen molar-refractivity contribution in [2.75, 3.05) is 5.32 Å². The minimum Gasteiger partial charge on any atom is -0.472 e. The number of H-pyrrole nitrogens is 2. The van der Waals surface area contributed by atoms with Crippen LogP contribution in [0.2, 0.25) is 0 Å². The Morgan fingerprint density at radius 1 is 1.03 bits per heavy atom. The van der Waals surface area contributed by atoms with Crippen molar-refractivity contribution in [3.05, 3.63) is 61.6 Å².